The lowest BCUT2D eigenvalue weighted by Crippen LogP contribution is -2.32. The van der Waals surface area contributed by atoms with Crippen LogP contribution in [0, 0.1) is 5.41 Å². The molecule has 1 heterocycles. The molecule has 0 spiro atoms. The smallest absolute Gasteiger partial charge is 0.306 e. The number of carbonyl (C=O) groups is 1. The highest BCUT2D eigenvalue weighted by Gasteiger charge is 2.36. The zero-order valence-electron chi connectivity index (χ0n) is 7.76. The van der Waals surface area contributed by atoms with Gasteiger partial charge in [0.2, 0.25) is 0 Å². The first kappa shape index (κ1) is 10.3. The van der Waals surface area contributed by atoms with Crippen LogP contribution in [0.1, 0.15) is 33.6 Å². The molecular formula is C9H15IO2. The number of hydrogen-bond donors (Lipinski definition) is 0. The minimum atomic E-state index is -0.0362. The molecule has 0 aromatic heterocycles. The van der Waals surface area contributed by atoms with E-state index in [1.165, 1.54) is 0 Å². The SMILES string of the molecule is CC(C)(C)[C@H](I)[C@@H]1CCC(=O)O1. The molecule has 3 heteroatoms. The van der Waals surface area contributed by atoms with Gasteiger partial charge < -0.3 is 4.74 Å². The molecule has 0 aromatic rings. The second kappa shape index (κ2) is 3.52. The minimum Gasteiger partial charge on any atom is -0.461 e. The summed E-state index contributed by atoms with van der Waals surface area (Å²) >= 11 is 2.38. The summed E-state index contributed by atoms with van der Waals surface area (Å²) in [5, 5.41) is 0. The predicted molar refractivity (Wildman–Crippen MR) is 56.4 cm³/mol. The Morgan fingerprint density at radius 2 is 2.17 bits per heavy atom. The fraction of sp³-hybridized carbons (Fsp3) is 0.889. The van der Waals surface area contributed by atoms with Crippen molar-refractivity contribution in [1.82, 2.24) is 0 Å². The van der Waals surface area contributed by atoms with Crippen molar-refractivity contribution in [2.24, 2.45) is 5.41 Å². The summed E-state index contributed by atoms with van der Waals surface area (Å²) in [5.41, 5.74) is 0.218. The molecule has 0 aromatic carbocycles. The Bertz CT molecular complexity index is 183. The fourth-order valence-electron chi connectivity index (χ4n) is 1.31. The third kappa shape index (κ3) is 2.34. The van der Waals surface area contributed by atoms with E-state index in [1.807, 2.05) is 0 Å². The van der Waals surface area contributed by atoms with E-state index < -0.39 is 0 Å². The van der Waals surface area contributed by atoms with Crippen LogP contribution < -0.4 is 0 Å². The van der Waals surface area contributed by atoms with Gasteiger partial charge in [0, 0.05) is 6.42 Å². The number of ether oxygens (including phenoxy) is 1. The summed E-state index contributed by atoms with van der Waals surface area (Å²) in [6.07, 6.45) is 1.63. The maximum absolute atomic E-state index is 10.9. The van der Waals surface area contributed by atoms with Crippen LogP contribution in [0.4, 0.5) is 0 Å². The van der Waals surface area contributed by atoms with Crippen molar-refractivity contribution in [1.29, 1.82) is 0 Å². The molecule has 1 rings (SSSR count). The van der Waals surface area contributed by atoms with Gasteiger partial charge in [0.25, 0.3) is 0 Å². The first-order chi connectivity index (χ1) is 5.41. The molecule has 0 N–H and O–H groups in total. The van der Waals surface area contributed by atoms with Crippen LogP contribution in [-0.4, -0.2) is 16.0 Å². The summed E-state index contributed by atoms with van der Waals surface area (Å²) in [4.78, 5) is 10.9. The standard InChI is InChI=1S/C9H15IO2/c1-9(2,3)8(10)6-4-5-7(11)12-6/h6,8H,4-5H2,1-3H3/t6-,8+/m0/s1. The Hall–Kier alpha value is 0.200. The largest absolute Gasteiger partial charge is 0.461 e. The monoisotopic (exact) mass is 282 g/mol. The lowest BCUT2D eigenvalue weighted by Gasteiger charge is -2.29. The number of esters is 1. The molecule has 0 radical (unpaired) electrons. The Morgan fingerprint density at radius 1 is 1.58 bits per heavy atom. The molecular weight excluding hydrogens is 267 g/mol. The minimum absolute atomic E-state index is 0.0362. The van der Waals surface area contributed by atoms with E-state index in [9.17, 15) is 4.79 Å². The first-order valence-corrected chi connectivity index (χ1v) is 5.49. The van der Waals surface area contributed by atoms with Crippen molar-refractivity contribution in [2.75, 3.05) is 0 Å². The second-order valence-corrected chi connectivity index (χ2v) is 5.68. The van der Waals surface area contributed by atoms with E-state index in [4.69, 9.17) is 4.74 Å². The van der Waals surface area contributed by atoms with Crippen LogP contribution in [0.25, 0.3) is 0 Å². The summed E-state index contributed by atoms with van der Waals surface area (Å²) in [7, 11) is 0. The molecule has 2 atom stereocenters. The average Bonchev–Trinajstić information content (AvgIpc) is 2.32. The highest BCUT2D eigenvalue weighted by Crippen LogP contribution is 2.34. The van der Waals surface area contributed by atoms with Gasteiger partial charge in [-0.3, -0.25) is 4.79 Å². The molecule has 0 bridgehead atoms. The van der Waals surface area contributed by atoms with Gasteiger partial charge in [0.15, 0.2) is 0 Å². The summed E-state index contributed by atoms with van der Waals surface area (Å²) in [6, 6.07) is 0. The average molecular weight is 282 g/mol. The summed E-state index contributed by atoms with van der Waals surface area (Å²) < 4.78 is 5.62. The van der Waals surface area contributed by atoms with Crippen molar-refractivity contribution >= 4 is 28.6 Å². The third-order valence-electron chi connectivity index (χ3n) is 2.07. The van der Waals surface area contributed by atoms with Crippen molar-refractivity contribution in [3.63, 3.8) is 0 Å². The maximum atomic E-state index is 10.9. The molecule has 1 saturated heterocycles. The van der Waals surface area contributed by atoms with E-state index in [-0.39, 0.29) is 17.5 Å². The van der Waals surface area contributed by atoms with Gasteiger partial charge in [-0.25, -0.2) is 0 Å². The van der Waals surface area contributed by atoms with Gasteiger partial charge in [0.1, 0.15) is 6.10 Å². The number of carbonyl (C=O) groups excluding carboxylic acids is 1. The molecule has 2 nitrogen and oxygen atoms in total. The van der Waals surface area contributed by atoms with Crippen LogP contribution in [-0.2, 0) is 9.53 Å². The van der Waals surface area contributed by atoms with E-state index in [0.717, 1.165) is 6.42 Å². The quantitative estimate of drug-likeness (QED) is 0.420. The Kier molecular flexibility index (Phi) is 3.01. The molecule has 1 fully saturated rings. The van der Waals surface area contributed by atoms with E-state index in [1.54, 1.807) is 0 Å². The van der Waals surface area contributed by atoms with Crippen LogP contribution in [0.2, 0.25) is 0 Å². The Balaban J connectivity index is 2.54. The first-order valence-electron chi connectivity index (χ1n) is 4.25. The van der Waals surface area contributed by atoms with Crippen molar-refractivity contribution in [3.05, 3.63) is 0 Å². The van der Waals surface area contributed by atoms with Crippen LogP contribution in [0.5, 0.6) is 0 Å². The molecule has 0 aliphatic carbocycles. The fourth-order valence-corrected chi connectivity index (χ4v) is 1.82. The molecule has 1 aliphatic heterocycles. The zero-order chi connectivity index (χ0) is 9.35. The normalized spacial score (nSPS) is 27.0. The predicted octanol–water partition coefficient (Wildman–Crippen LogP) is 2.54. The van der Waals surface area contributed by atoms with Crippen LogP contribution in [0.15, 0.2) is 0 Å². The highest BCUT2D eigenvalue weighted by atomic mass is 127. The molecule has 70 valence electrons. The van der Waals surface area contributed by atoms with E-state index >= 15 is 0 Å². The second-order valence-electron chi connectivity index (χ2n) is 4.33. The lowest BCUT2D eigenvalue weighted by atomic mass is 9.88. The van der Waals surface area contributed by atoms with Crippen LogP contribution in [0.3, 0.4) is 0 Å². The Morgan fingerprint density at radius 3 is 2.50 bits per heavy atom. The van der Waals surface area contributed by atoms with Gasteiger partial charge in [-0.2, -0.15) is 0 Å². The van der Waals surface area contributed by atoms with Crippen molar-refractivity contribution in [3.8, 4) is 0 Å². The van der Waals surface area contributed by atoms with Gasteiger partial charge in [-0.1, -0.05) is 43.4 Å². The molecule has 0 amide bonds. The van der Waals surface area contributed by atoms with Crippen molar-refractivity contribution < 1.29 is 9.53 Å². The maximum Gasteiger partial charge on any atom is 0.306 e. The number of rotatable bonds is 1. The van der Waals surface area contributed by atoms with Gasteiger partial charge >= 0.3 is 5.97 Å². The van der Waals surface area contributed by atoms with Crippen LogP contribution >= 0.6 is 22.6 Å². The van der Waals surface area contributed by atoms with E-state index in [2.05, 4.69) is 43.4 Å². The Labute approximate surface area is 87.2 Å². The zero-order valence-corrected chi connectivity index (χ0v) is 9.92. The third-order valence-corrected chi connectivity index (χ3v) is 4.74. The lowest BCUT2D eigenvalue weighted by molar-refractivity contribution is -0.141. The summed E-state index contributed by atoms with van der Waals surface area (Å²) in [5.74, 6) is -0.0362. The molecule has 0 unspecified atom stereocenters. The van der Waals surface area contributed by atoms with Gasteiger partial charge in [-0.15, -0.1) is 0 Å². The van der Waals surface area contributed by atoms with E-state index in [0.29, 0.717) is 10.3 Å². The number of alkyl halides is 1. The molecule has 1 aliphatic rings. The summed E-state index contributed by atoms with van der Waals surface area (Å²) in [6.45, 7) is 6.53. The highest BCUT2D eigenvalue weighted by molar-refractivity contribution is 14.1. The molecule has 12 heavy (non-hydrogen) atoms. The number of halogens is 1. The number of hydrogen-bond acceptors (Lipinski definition) is 2. The topological polar surface area (TPSA) is 26.3 Å². The van der Waals surface area contributed by atoms with Crippen molar-refractivity contribution in [2.45, 2.75) is 43.6 Å². The van der Waals surface area contributed by atoms with Gasteiger partial charge in [-0.05, 0) is 11.8 Å². The van der Waals surface area contributed by atoms with Gasteiger partial charge in [0.05, 0.1) is 3.92 Å². The number of cyclic esters (lactones) is 1. The molecule has 0 saturated carbocycles.